The average molecular weight is 496 g/mol. The number of aromatic nitrogens is 2. The van der Waals surface area contributed by atoms with Gasteiger partial charge in [0.1, 0.15) is 0 Å². The first kappa shape index (κ1) is 23.8. The summed E-state index contributed by atoms with van der Waals surface area (Å²) in [6.07, 6.45) is 1.82. The average Bonchev–Trinajstić information content (AvgIpc) is 3.32. The van der Waals surface area contributed by atoms with Gasteiger partial charge in [-0.3, -0.25) is 9.78 Å². The lowest BCUT2D eigenvalue weighted by Gasteiger charge is -2.29. The van der Waals surface area contributed by atoms with Crippen LogP contribution in [-0.2, 0) is 4.79 Å². The number of carbonyl (C=O) groups excluding carboxylic acids is 1. The first-order valence-electron chi connectivity index (χ1n) is 12.0. The summed E-state index contributed by atoms with van der Waals surface area (Å²) in [5.74, 6) is -0.0989. The van der Waals surface area contributed by atoms with Gasteiger partial charge in [0.25, 0.3) is 0 Å². The summed E-state index contributed by atoms with van der Waals surface area (Å²) in [5, 5.41) is 7.04. The molecule has 0 radical (unpaired) electrons. The van der Waals surface area contributed by atoms with Crippen LogP contribution in [0, 0.1) is 20.8 Å². The Morgan fingerprint density at radius 3 is 2.25 bits per heavy atom. The molecule has 0 saturated carbocycles. The SMILES string of the molecule is CC(=O)Nc1ccc(N2C(=S)NC(c3ccccn3)C2c2c(C)c(C)n(-c3ccccc3)c2C)cc1. The highest BCUT2D eigenvalue weighted by atomic mass is 32.1. The third kappa shape index (κ3) is 4.16. The van der Waals surface area contributed by atoms with E-state index in [1.165, 1.54) is 29.4 Å². The van der Waals surface area contributed by atoms with Crippen LogP contribution in [-0.4, -0.2) is 20.6 Å². The zero-order valence-corrected chi connectivity index (χ0v) is 21.6. The summed E-state index contributed by atoms with van der Waals surface area (Å²) in [6, 6.07) is 24.0. The first-order valence-corrected chi connectivity index (χ1v) is 12.4. The van der Waals surface area contributed by atoms with Crippen molar-refractivity contribution in [3.05, 3.63) is 107 Å². The van der Waals surface area contributed by atoms with Crippen LogP contribution in [0.3, 0.4) is 0 Å². The molecule has 1 amide bonds. The zero-order valence-electron chi connectivity index (χ0n) is 20.8. The molecule has 0 bridgehead atoms. The third-order valence-corrected chi connectivity index (χ3v) is 7.20. The van der Waals surface area contributed by atoms with Crippen molar-refractivity contribution in [1.29, 1.82) is 0 Å². The minimum absolute atomic E-state index is 0.0989. The molecule has 2 N–H and O–H groups in total. The Hall–Kier alpha value is -3.97. The summed E-state index contributed by atoms with van der Waals surface area (Å²) < 4.78 is 2.32. The van der Waals surface area contributed by atoms with E-state index < -0.39 is 0 Å². The molecule has 36 heavy (non-hydrogen) atoms. The quantitative estimate of drug-likeness (QED) is 0.336. The van der Waals surface area contributed by atoms with E-state index >= 15 is 0 Å². The third-order valence-electron chi connectivity index (χ3n) is 6.88. The van der Waals surface area contributed by atoms with E-state index in [1.807, 2.05) is 54.7 Å². The van der Waals surface area contributed by atoms with Gasteiger partial charge in [-0.1, -0.05) is 24.3 Å². The fourth-order valence-corrected chi connectivity index (χ4v) is 5.59. The van der Waals surface area contributed by atoms with E-state index in [2.05, 4.69) is 70.1 Å². The van der Waals surface area contributed by atoms with Crippen molar-refractivity contribution in [2.24, 2.45) is 0 Å². The van der Waals surface area contributed by atoms with Crippen molar-refractivity contribution in [1.82, 2.24) is 14.9 Å². The highest BCUT2D eigenvalue weighted by Gasteiger charge is 2.43. The topological polar surface area (TPSA) is 62.2 Å². The Labute approximate surface area is 217 Å². The van der Waals surface area contributed by atoms with Crippen LogP contribution in [0.1, 0.15) is 47.2 Å². The molecule has 2 aromatic heterocycles. The Morgan fingerprint density at radius 1 is 0.917 bits per heavy atom. The molecule has 2 aromatic carbocycles. The van der Waals surface area contributed by atoms with Gasteiger partial charge in [-0.05, 0) is 87.1 Å². The van der Waals surface area contributed by atoms with Gasteiger partial charge in [-0.25, -0.2) is 0 Å². The summed E-state index contributed by atoms with van der Waals surface area (Å²) >= 11 is 5.91. The maximum atomic E-state index is 11.5. The number of para-hydroxylation sites is 1. The van der Waals surface area contributed by atoms with Gasteiger partial charge < -0.3 is 20.1 Å². The second-order valence-corrected chi connectivity index (χ2v) is 9.49. The van der Waals surface area contributed by atoms with Gasteiger partial charge in [0.2, 0.25) is 5.91 Å². The standard InChI is InChI=1S/C29H29N5OS/c1-18-19(2)33(23-10-6-5-7-11-23)20(3)26(18)28-27(25-12-8-9-17-30-25)32-29(36)34(28)24-15-13-22(14-16-24)31-21(4)35/h5-17,27-28H,1-4H3,(H,31,35)(H,32,36). The van der Waals surface area contributed by atoms with Gasteiger partial charge in [-0.2, -0.15) is 0 Å². The normalized spacial score (nSPS) is 17.2. The fourth-order valence-electron chi connectivity index (χ4n) is 5.24. The van der Waals surface area contributed by atoms with Gasteiger partial charge in [-0.15, -0.1) is 0 Å². The molecular weight excluding hydrogens is 466 g/mol. The molecule has 2 atom stereocenters. The van der Waals surface area contributed by atoms with E-state index in [0.29, 0.717) is 5.11 Å². The Bertz CT molecular complexity index is 1410. The number of hydrogen-bond donors (Lipinski definition) is 2. The number of pyridine rings is 1. The number of amides is 1. The minimum atomic E-state index is -0.128. The molecule has 1 aliphatic heterocycles. The zero-order chi connectivity index (χ0) is 25.4. The Morgan fingerprint density at radius 2 is 1.61 bits per heavy atom. The lowest BCUT2D eigenvalue weighted by atomic mass is 9.93. The molecule has 1 fully saturated rings. The van der Waals surface area contributed by atoms with Crippen molar-refractivity contribution < 1.29 is 4.79 Å². The van der Waals surface area contributed by atoms with Crippen LogP contribution in [0.4, 0.5) is 11.4 Å². The van der Waals surface area contributed by atoms with Gasteiger partial charge in [0.15, 0.2) is 5.11 Å². The van der Waals surface area contributed by atoms with Crippen molar-refractivity contribution in [2.45, 2.75) is 39.8 Å². The van der Waals surface area contributed by atoms with Gasteiger partial charge in [0, 0.05) is 47.1 Å². The number of benzene rings is 2. The van der Waals surface area contributed by atoms with E-state index in [1.54, 1.807) is 0 Å². The van der Waals surface area contributed by atoms with E-state index in [-0.39, 0.29) is 18.0 Å². The number of carbonyl (C=O) groups is 1. The highest BCUT2D eigenvalue weighted by Crippen LogP contribution is 2.45. The van der Waals surface area contributed by atoms with Crippen LogP contribution in [0.2, 0.25) is 0 Å². The van der Waals surface area contributed by atoms with E-state index in [9.17, 15) is 4.79 Å². The molecule has 0 spiro atoms. The van der Waals surface area contributed by atoms with E-state index in [0.717, 1.165) is 22.8 Å². The Balaban J connectivity index is 1.67. The van der Waals surface area contributed by atoms with Crippen molar-refractivity contribution in [3.8, 4) is 5.69 Å². The van der Waals surface area contributed by atoms with Crippen LogP contribution >= 0.6 is 12.2 Å². The second-order valence-electron chi connectivity index (χ2n) is 9.11. The molecule has 6 nitrogen and oxygen atoms in total. The number of thiocarbonyl (C=S) groups is 1. The number of anilines is 2. The first-order chi connectivity index (χ1) is 17.4. The largest absolute Gasteiger partial charge is 0.351 e. The molecule has 1 aliphatic rings. The molecule has 5 rings (SSSR count). The summed E-state index contributed by atoms with van der Waals surface area (Å²) in [5.41, 5.74) is 8.61. The lowest BCUT2D eigenvalue weighted by molar-refractivity contribution is -0.114. The van der Waals surface area contributed by atoms with Crippen molar-refractivity contribution in [2.75, 3.05) is 10.2 Å². The van der Waals surface area contributed by atoms with Crippen molar-refractivity contribution in [3.63, 3.8) is 0 Å². The molecule has 2 unspecified atom stereocenters. The molecular formula is C29H29N5OS. The molecule has 182 valence electrons. The summed E-state index contributed by atoms with van der Waals surface area (Å²) in [4.78, 5) is 18.4. The van der Waals surface area contributed by atoms with Gasteiger partial charge >= 0.3 is 0 Å². The second kappa shape index (κ2) is 9.59. The maximum absolute atomic E-state index is 11.5. The predicted molar refractivity (Wildman–Crippen MR) is 149 cm³/mol. The monoisotopic (exact) mass is 495 g/mol. The number of nitrogens with zero attached hydrogens (tertiary/aromatic N) is 3. The molecule has 4 aromatic rings. The molecule has 3 heterocycles. The number of nitrogens with one attached hydrogen (secondary N) is 2. The summed E-state index contributed by atoms with van der Waals surface area (Å²) in [6.45, 7) is 8.04. The summed E-state index contributed by atoms with van der Waals surface area (Å²) in [7, 11) is 0. The predicted octanol–water partition coefficient (Wildman–Crippen LogP) is 5.93. The lowest BCUT2D eigenvalue weighted by Crippen LogP contribution is -2.29. The fraction of sp³-hybridized carbons (Fsp3) is 0.207. The molecule has 0 aliphatic carbocycles. The van der Waals surface area contributed by atoms with Crippen LogP contribution in [0.25, 0.3) is 5.69 Å². The molecule has 7 heteroatoms. The minimum Gasteiger partial charge on any atom is -0.351 e. The number of hydrogen-bond acceptors (Lipinski definition) is 3. The van der Waals surface area contributed by atoms with Crippen LogP contribution in [0.5, 0.6) is 0 Å². The van der Waals surface area contributed by atoms with Gasteiger partial charge in [0.05, 0.1) is 17.8 Å². The van der Waals surface area contributed by atoms with E-state index in [4.69, 9.17) is 12.2 Å². The molecule has 1 saturated heterocycles. The van der Waals surface area contributed by atoms with Crippen LogP contribution in [0.15, 0.2) is 79.0 Å². The maximum Gasteiger partial charge on any atom is 0.221 e. The Kier molecular flexibility index (Phi) is 6.33. The highest BCUT2D eigenvalue weighted by molar-refractivity contribution is 7.80. The van der Waals surface area contributed by atoms with Crippen LogP contribution < -0.4 is 15.5 Å². The number of rotatable bonds is 5. The smallest absolute Gasteiger partial charge is 0.221 e. The van der Waals surface area contributed by atoms with Crippen molar-refractivity contribution >= 4 is 34.6 Å².